The van der Waals surface area contributed by atoms with Gasteiger partial charge in [0.15, 0.2) is 17.0 Å². The van der Waals surface area contributed by atoms with E-state index in [1.54, 1.807) is 12.4 Å². The summed E-state index contributed by atoms with van der Waals surface area (Å²) in [5.41, 5.74) is 3.11. The van der Waals surface area contributed by atoms with Crippen LogP contribution in [0.1, 0.15) is 12.0 Å². The van der Waals surface area contributed by atoms with Gasteiger partial charge in [0.1, 0.15) is 0 Å². The highest BCUT2D eigenvalue weighted by molar-refractivity contribution is 6.30. The second-order valence-electron chi connectivity index (χ2n) is 6.29. The van der Waals surface area contributed by atoms with Crippen LogP contribution in [0.2, 0.25) is 5.02 Å². The summed E-state index contributed by atoms with van der Waals surface area (Å²) < 4.78 is 0. The lowest BCUT2D eigenvalue weighted by atomic mass is 10.2. The third-order valence-corrected chi connectivity index (χ3v) is 4.07. The number of hydrogen-bond acceptors (Lipinski definition) is 7. The minimum atomic E-state index is 0.533. The van der Waals surface area contributed by atoms with E-state index >= 15 is 0 Å². The molecule has 2 heterocycles. The Labute approximate surface area is 157 Å². The first-order chi connectivity index (χ1) is 12.5. The van der Waals surface area contributed by atoms with Gasteiger partial charge < -0.3 is 15.5 Å². The number of rotatable bonds is 7. The van der Waals surface area contributed by atoms with E-state index in [1.807, 2.05) is 25.1 Å². The number of halogens is 1. The van der Waals surface area contributed by atoms with Crippen molar-refractivity contribution in [3.63, 3.8) is 0 Å². The van der Waals surface area contributed by atoms with Gasteiger partial charge in [0.05, 0.1) is 0 Å². The highest BCUT2D eigenvalue weighted by atomic mass is 35.5. The maximum atomic E-state index is 6.04. The van der Waals surface area contributed by atoms with Crippen LogP contribution in [-0.4, -0.2) is 52.0 Å². The average Bonchev–Trinajstić information content (AvgIpc) is 2.61. The van der Waals surface area contributed by atoms with Gasteiger partial charge in [-0.15, -0.1) is 0 Å². The number of aryl methyl sites for hydroxylation is 1. The molecule has 0 aliphatic rings. The van der Waals surface area contributed by atoms with Crippen LogP contribution in [0.4, 0.5) is 17.5 Å². The first-order valence-electron chi connectivity index (χ1n) is 8.43. The Kier molecular flexibility index (Phi) is 5.80. The smallest absolute Gasteiger partial charge is 0.226 e. The number of hydrogen-bond donors (Lipinski definition) is 2. The van der Waals surface area contributed by atoms with Crippen molar-refractivity contribution in [1.82, 2.24) is 24.8 Å². The SMILES string of the molecule is Cc1cc(Cl)ccc1Nc1nc(NCCCN(C)C)nc2nccnc12. The first-order valence-corrected chi connectivity index (χ1v) is 8.81. The molecule has 0 saturated heterocycles. The summed E-state index contributed by atoms with van der Waals surface area (Å²) in [5, 5.41) is 7.29. The summed E-state index contributed by atoms with van der Waals surface area (Å²) in [7, 11) is 4.11. The number of anilines is 3. The minimum Gasteiger partial charge on any atom is -0.354 e. The van der Waals surface area contributed by atoms with Crippen molar-refractivity contribution in [2.24, 2.45) is 0 Å². The van der Waals surface area contributed by atoms with Gasteiger partial charge in [0.2, 0.25) is 5.95 Å². The maximum Gasteiger partial charge on any atom is 0.226 e. The molecule has 0 unspecified atom stereocenters. The van der Waals surface area contributed by atoms with Crippen LogP contribution < -0.4 is 10.6 Å². The van der Waals surface area contributed by atoms with Gasteiger partial charge >= 0.3 is 0 Å². The van der Waals surface area contributed by atoms with Crippen LogP contribution in [0.15, 0.2) is 30.6 Å². The van der Waals surface area contributed by atoms with Crippen molar-refractivity contribution in [1.29, 1.82) is 0 Å². The molecule has 8 heteroatoms. The zero-order chi connectivity index (χ0) is 18.5. The fraction of sp³-hybridized carbons (Fsp3) is 0.333. The van der Waals surface area contributed by atoms with Crippen LogP contribution in [-0.2, 0) is 0 Å². The molecule has 3 rings (SSSR count). The fourth-order valence-electron chi connectivity index (χ4n) is 2.52. The lowest BCUT2D eigenvalue weighted by molar-refractivity contribution is 0.405. The molecular weight excluding hydrogens is 350 g/mol. The van der Waals surface area contributed by atoms with Crippen molar-refractivity contribution in [3.8, 4) is 0 Å². The Morgan fingerprint density at radius 3 is 2.69 bits per heavy atom. The Morgan fingerprint density at radius 2 is 1.92 bits per heavy atom. The molecule has 7 nitrogen and oxygen atoms in total. The predicted molar refractivity (Wildman–Crippen MR) is 106 cm³/mol. The van der Waals surface area contributed by atoms with Crippen LogP contribution in [0.3, 0.4) is 0 Å². The molecule has 2 aromatic heterocycles. The Bertz CT molecular complexity index is 898. The van der Waals surface area contributed by atoms with Gasteiger partial charge in [-0.25, -0.2) is 9.97 Å². The second kappa shape index (κ2) is 8.25. The molecular formula is C18H22ClN7. The monoisotopic (exact) mass is 371 g/mol. The van der Waals surface area contributed by atoms with E-state index in [4.69, 9.17) is 11.6 Å². The maximum absolute atomic E-state index is 6.04. The molecule has 0 radical (unpaired) electrons. The summed E-state index contributed by atoms with van der Waals surface area (Å²) in [5.74, 6) is 1.15. The van der Waals surface area contributed by atoms with Gasteiger partial charge in [0, 0.05) is 29.6 Å². The van der Waals surface area contributed by atoms with E-state index in [2.05, 4.69) is 49.6 Å². The third-order valence-electron chi connectivity index (χ3n) is 3.84. The predicted octanol–water partition coefficient (Wildman–Crippen LogP) is 3.49. The Balaban J connectivity index is 1.87. The molecule has 0 saturated carbocycles. The van der Waals surface area contributed by atoms with E-state index in [-0.39, 0.29) is 0 Å². The second-order valence-corrected chi connectivity index (χ2v) is 6.73. The average molecular weight is 372 g/mol. The molecule has 26 heavy (non-hydrogen) atoms. The largest absolute Gasteiger partial charge is 0.354 e. The van der Waals surface area contributed by atoms with E-state index in [9.17, 15) is 0 Å². The zero-order valence-corrected chi connectivity index (χ0v) is 15.9. The molecule has 0 spiro atoms. The van der Waals surface area contributed by atoms with Crippen molar-refractivity contribution in [2.45, 2.75) is 13.3 Å². The molecule has 0 atom stereocenters. The van der Waals surface area contributed by atoms with E-state index in [0.717, 1.165) is 30.8 Å². The van der Waals surface area contributed by atoms with Crippen LogP contribution in [0, 0.1) is 6.92 Å². The Hall–Kier alpha value is -2.51. The first kappa shape index (κ1) is 18.3. The lowest BCUT2D eigenvalue weighted by Gasteiger charge is -2.13. The molecule has 0 fully saturated rings. The zero-order valence-electron chi connectivity index (χ0n) is 15.1. The Morgan fingerprint density at radius 1 is 1.12 bits per heavy atom. The number of aromatic nitrogens is 4. The van der Waals surface area contributed by atoms with Crippen LogP contribution in [0.25, 0.3) is 11.2 Å². The number of benzene rings is 1. The highest BCUT2D eigenvalue weighted by Crippen LogP contribution is 2.26. The summed E-state index contributed by atoms with van der Waals surface area (Å²) >= 11 is 6.04. The van der Waals surface area contributed by atoms with E-state index in [0.29, 0.717) is 28.0 Å². The molecule has 0 aliphatic carbocycles. The molecule has 0 aliphatic heterocycles. The van der Waals surface area contributed by atoms with Crippen LogP contribution >= 0.6 is 11.6 Å². The van der Waals surface area contributed by atoms with Crippen molar-refractivity contribution < 1.29 is 0 Å². The lowest BCUT2D eigenvalue weighted by Crippen LogP contribution is -2.17. The summed E-state index contributed by atoms with van der Waals surface area (Å²) in [4.78, 5) is 19.9. The molecule has 136 valence electrons. The van der Waals surface area contributed by atoms with Gasteiger partial charge in [-0.1, -0.05) is 11.6 Å². The van der Waals surface area contributed by atoms with Crippen molar-refractivity contribution in [2.75, 3.05) is 37.8 Å². The third kappa shape index (κ3) is 4.56. The molecule has 0 amide bonds. The topological polar surface area (TPSA) is 78.9 Å². The quantitative estimate of drug-likeness (QED) is 0.615. The molecule has 3 aromatic rings. The van der Waals surface area contributed by atoms with Crippen molar-refractivity contribution in [3.05, 3.63) is 41.2 Å². The van der Waals surface area contributed by atoms with E-state index < -0.39 is 0 Å². The van der Waals surface area contributed by atoms with Crippen LogP contribution in [0.5, 0.6) is 0 Å². The minimum absolute atomic E-state index is 0.533. The fourth-order valence-corrected chi connectivity index (χ4v) is 2.75. The molecule has 2 N–H and O–H groups in total. The molecule has 0 bridgehead atoms. The van der Waals surface area contributed by atoms with Crippen molar-refractivity contribution >= 4 is 40.2 Å². The summed E-state index contributed by atoms with van der Waals surface area (Å²) in [6.45, 7) is 3.77. The van der Waals surface area contributed by atoms with Gasteiger partial charge in [-0.3, -0.25) is 0 Å². The summed E-state index contributed by atoms with van der Waals surface area (Å²) in [6.07, 6.45) is 4.26. The standard InChI is InChI=1S/C18H22ClN7/c1-12-11-13(19)5-6-14(12)23-17-15-16(21-9-8-20-15)24-18(25-17)22-7-4-10-26(2)3/h5-6,8-9,11H,4,7,10H2,1-3H3,(H2,21,22,23,24,25). The normalized spacial score (nSPS) is 11.1. The van der Waals surface area contributed by atoms with Gasteiger partial charge in [-0.05, 0) is 57.7 Å². The number of nitrogens with zero attached hydrogens (tertiary/aromatic N) is 5. The van der Waals surface area contributed by atoms with Gasteiger partial charge in [-0.2, -0.15) is 9.97 Å². The van der Waals surface area contributed by atoms with E-state index in [1.165, 1.54) is 0 Å². The van der Waals surface area contributed by atoms with Gasteiger partial charge in [0.25, 0.3) is 0 Å². The highest BCUT2D eigenvalue weighted by Gasteiger charge is 2.11. The molecule has 1 aromatic carbocycles. The number of nitrogens with one attached hydrogen (secondary N) is 2. The summed E-state index contributed by atoms with van der Waals surface area (Å²) in [6, 6.07) is 5.66. The number of fused-ring (bicyclic) bond motifs is 1.